The number of aryl methyl sites for hydroxylation is 1. The van der Waals surface area contributed by atoms with Crippen LogP contribution in [-0.4, -0.2) is 28.1 Å². The van der Waals surface area contributed by atoms with E-state index >= 15 is 0 Å². The van der Waals surface area contributed by atoms with Crippen LogP contribution in [0.15, 0.2) is 6.07 Å². The van der Waals surface area contributed by atoms with Gasteiger partial charge < -0.3 is 20.7 Å². The monoisotopic (exact) mass is 235 g/mol. The maximum Gasteiger partial charge on any atom is 0.354 e. The molecule has 17 heavy (non-hydrogen) atoms. The number of rotatable bonds is 3. The summed E-state index contributed by atoms with van der Waals surface area (Å²) in [5, 5.41) is 13.8. The lowest BCUT2D eigenvalue weighted by atomic mass is 10.3. The molecule has 0 aliphatic rings. The number of aromatic nitrogens is 1. The average molecular weight is 235 g/mol. The minimum Gasteiger partial charge on any atom is -0.477 e. The van der Waals surface area contributed by atoms with Crippen LogP contribution in [-0.2, 0) is 0 Å². The molecule has 1 heterocycles. The van der Waals surface area contributed by atoms with Gasteiger partial charge in [0.25, 0.3) is 0 Å². The fourth-order valence-electron chi connectivity index (χ4n) is 1.25. The number of carboxylic acid groups (broad SMARTS) is 1. The second kappa shape index (κ2) is 5.07. The number of aromatic carboxylic acids is 1. The van der Waals surface area contributed by atoms with E-state index in [2.05, 4.69) is 21.5 Å². The lowest BCUT2D eigenvalue weighted by Gasteiger charge is -2.08. The molecule has 0 spiro atoms. The van der Waals surface area contributed by atoms with Gasteiger partial charge in [0.15, 0.2) is 0 Å². The van der Waals surface area contributed by atoms with Gasteiger partial charge in [0.2, 0.25) is 0 Å². The van der Waals surface area contributed by atoms with Crippen molar-refractivity contribution in [3.63, 3.8) is 0 Å². The van der Waals surface area contributed by atoms with E-state index < -0.39 is 18.0 Å². The van der Waals surface area contributed by atoms with Crippen LogP contribution in [0.1, 0.15) is 23.1 Å². The molecule has 6 heteroatoms. The molecule has 0 radical (unpaired) electrons. The van der Waals surface area contributed by atoms with E-state index in [9.17, 15) is 9.59 Å². The summed E-state index contributed by atoms with van der Waals surface area (Å²) in [5.41, 5.74) is 0.783. The van der Waals surface area contributed by atoms with Crippen LogP contribution in [0, 0.1) is 19.3 Å². The molecule has 6 nitrogen and oxygen atoms in total. The topological polar surface area (TPSA) is 94.2 Å². The summed E-state index contributed by atoms with van der Waals surface area (Å²) in [7, 11) is 0. The van der Waals surface area contributed by atoms with Crippen molar-refractivity contribution in [3.05, 3.63) is 17.5 Å². The van der Waals surface area contributed by atoms with E-state index in [1.54, 1.807) is 13.8 Å². The molecule has 1 aromatic heterocycles. The number of anilines is 1. The van der Waals surface area contributed by atoms with Gasteiger partial charge in [-0.1, -0.05) is 5.92 Å². The number of aromatic amines is 1. The molecular formula is C11H13N3O3. The van der Waals surface area contributed by atoms with Crippen molar-refractivity contribution in [2.45, 2.75) is 19.9 Å². The molecule has 0 aromatic carbocycles. The Balaban J connectivity index is 2.78. The molecule has 0 fully saturated rings. The lowest BCUT2D eigenvalue weighted by Crippen LogP contribution is -2.35. The Morgan fingerprint density at radius 3 is 2.76 bits per heavy atom. The van der Waals surface area contributed by atoms with Gasteiger partial charge in [0.05, 0.1) is 11.7 Å². The first-order valence-corrected chi connectivity index (χ1v) is 4.90. The van der Waals surface area contributed by atoms with Gasteiger partial charge in [0, 0.05) is 5.69 Å². The molecule has 1 unspecified atom stereocenters. The summed E-state index contributed by atoms with van der Waals surface area (Å²) in [6, 6.07) is 0.559. The lowest BCUT2D eigenvalue weighted by molar-refractivity contribution is 0.0692. The zero-order valence-corrected chi connectivity index (χ0v) is 9.50. The van der Waals surface area contributed by atoms with E-state index in [0.29, 0.717) is 5.69 Å². The smallest absolute Gasteiger partial charge is 0.354 e. The molecule has 2 amide bonds. The van der Waals surface area contributed by atoms with Crippen LogP contribution in [0.25, 0.3) is 0 Å². The molecule has 0 saturated heterocycles. The maximum atomic E-state index is 11.4. The van der Waals surface area contributed by atoms with Crippen LogP contribution < -0.4 is 10.6 Å². The third-order valence-electron chi connectivity index (χ3n) is 2.01. The SMILES string of the molecule is C#CC(C)NC(=O)Nc1cc(C)[nH]c1C(=O)O. The molecule has 1 rings (SSSR count). The predicted octanol–water partition coefficient (Wildman–Crippen LogP) is 1.16. The summed E-state index contributed by atoms with van der Waals surface area (Å²) >= 11 is 0. The van der Waals surface area contributed by atoms with Gasteiger partial charge in [-0.2, -0.15) is 0 Å². The fraction of sp³-hybridized carbons (Fsp3) is 0.273. The summed E-state index contributed by atoms with van der Waals surface area (Å²) in [6.45, 7) is 3.33. The zero-order valence-electron chi connectivity index (χ0n) is 9.50. The van der Waals surface area contributed by atoms with E-state index in [1.165, 1.54) is 6.07 Å². The predicted molar refractivity (Wildman–Crippen MR) is 62.9 cm³/mol. The first kappa shape index (κ1) is 12.6. The Labute approximate surface area is 98.4 Å². The van der Waals surface area contributed by atoms with E-state index in [-0.39, 0.29) is 11.4 Å². The minimum absolute atomic E-state index is 0.0639. The Hall–Kier alpha value is -2.42. The number of hydrogen-bond donors (Lipinski definition) is 4. The molecule has 0 bridgehead atoms. The van der Waals surface area contributed by atoms with E-state index in [0.717, 1.165) is 0 Å². The van der Waals surface area contributed by atoms with Crippen molar-refractivity contribution >= 4 is 17.7 Å². The number of urea groups is 1. The van der Waals surface area contributed by atoms with E-state index in [4.69, 9.17) is 11.5 Å². The largest absolute Gasteiger partial charge is 0.477 e. The number of carboxylic acids is 1. The highest BCUT2D eigenvalue weighted by molar-refractivity contribution is 5.99. The first-order valence-electron chi connectivity index (χ1n) is 4.90. The Kier molecular flexibility index (Phi) is 3.78. The third-order valence-corrected chi connectivity index (χ3v) is 2.01. The maximum absolute atomic E-state index is 11.4. The van der Waals surface area contributed by atoms with Crippen molar-refractivity contribution in [1.82, 2.24) is 10.3 Å². The van der Waals surface area contributed by atoms with Crippen molar-refractivity contribution < 1.29 is 14.7 Å². The molecule has 1 atom stereocenters. The minimum atomic E-state index is -1.14. The van der Waals surface area contributed by atoms with E-state index in [1.807, 2.05) is 0 Å². The van der Waals surface area contributed by atoms with Crippen LogP contribution in [0.5, 0.6) is 0 Å². The van der Waals surface area contributed by atoms with Crippen LogP contribution in [0.4, 0.5) is 10.5 Å². The fourth-order valence-corrected chi connectivity index (χ4v) is 1.25. The molecule has 0 aliphatic heterocycles. The van der Waals surface area contributed by atoms with Crippen LogP contribution >= 0.6 is 0 Å². The van der Waals surface area contributed by atoms with Crippen molar-refractivity contribution in [2.75, 3.05) is 5.32 Å². The third kappa shape index (κ3) is 3.28. The van der Waals surface area contributed by atoms with Gasteiger partial charge in [-0.15, -0.1) is 6.42 Å². The Morgan fingerprint density at radius 2 is 2.24 bits per heavy atom. The normalized spacial score (nSPS) is 11.4. The van der Waals surface area contributed by atoms with Gasteiger partial charge in [-0.3, -0.25) is 0 Å². The number of carbonyl (C=O) groups is 2. The number of terminal acetylenes is 1. The van der Waals surface area contributed by atoms with Gasteiger partial charge in [-0.05, 0) is 19.9 Å². The summed E-state index contributed by atoms with van der Waals surface area (Å²) in [4.78, 5) is 24.9. The standard InChI is InChI=1S/C11H13N3O3/c1-4-6(2)13-11(17)14-8-5-7(3)12-9(8)10(15)16/h1,5-6,12H,2-3H3,(H,15,16)(H2,13,14,17). The molecule has 1 aromatic rings. The average Bonchev–Trinajstić information content (AvgIpc) is 2.59. The van der Waals surface area contributed by atoms with Crippen molar-refractivity contribution in [3.8, 4) is 12.3 Å². The second-order valence-corrected chi connectivity index (χ2v) is 3.53. The van der Waals surface area contributed by atoms with Crippen LogP contribution in [0.2, 0.25) is 0 Å². The Morgan fingerprint density at radius 1 is 1.59 bits per heavy atom. The van der Waals surface area contributed by atoms with Gasteiger partial charge in [0.1, 0.15) is 5.69 Å². The second-order valence-electron chi connectivity index (χ2n) is 3.53. The zero-order chi connectivity index (χ0) is 13.0. The summed E-state index contributed by atoms with van der Waals surface area (Å²) < 4.78 is 0. The molecule has 0 aliphatic carbocycles. The summed E-state index contributed by atoms with van der Waals surface area (Å²) in [6.07, 6.45) is 5.10. The molecule has 0 saturated carbocycles. The van der Waals surface area contributed by atoms with Gasteiger partial charge >= 0.3 is 12.0 Å². The number of nitrogens with one attached hydrogen (secondary N) is 3. The van der Waals surface area contributed by atoms with Crippen LogP contribution in [0.3, 0.4) is 0 Å². The molecular weight excluding hydrogens is 222 g/mol. The Bertz CT molecular complexity index is 485. The van der Waals surface area contributed by atoms with Crippen molar-refractivity contribution in [1.29, 1.82) is 0 Å². The molecule has 90 valence electrons. The summed E-state index contributed by atoms with van der Waals surface area (Å²) in [5.74, 6) is 1.19. The van der Waals surface area contributed by atoms with Gasteiger partial charge in [-0.25, -0.2) is 9.59 Å². The number of carbonyl (C=O) groups excluding carboxylic acids is 1. The number of H-pyrrole nitrogens is 1. The highest BCUT2D eigenvalue weighted by Gasteiger charge is 2.15. The highest BCUT2D eigenvalue weighted by Crippen LogP contribution is 2.16. The highest BCUT2D eigenvalue weighted by atomic mass is 16.4. The number of amides is 2. The number of hydrogen-bond acceptors (Lipinski definition) is 2. The molecule has 4 N–H and O–H groups in total. The van der Waals surface area contributed by atoms with Crippen molar-refractivity contribution in [2.24, 2.45) is 0 Å². The first-order chi connectivity index (χ1) is 7.93. The quantitative estimate of drug-likeness (QED) is 0.592.